The normalized spacial score (nSPS) is 10.6. The molecule has 7 heteroatoms. The molecular formula is C20H17N3O3S. The number of non-ortho nitro benzene ring substituents is 1. The van der Waals surface area contributed by atoms with Crippen LogP contribution in [-0.4, -0.2) is 26.7 Å². The number of rotatable bonds is 7. The Hall–Kier alpha value is -3.06. The molecule has 0 aliphatic carbocycles. The Balaban J connectivity index is 1.63. The molecule has 6 nitrogen and oxygen atoms in total. The Morgan fingerprint density at radius 3 is 2.48 bits per heavy atom. The quantitative estimate of drug-likeness (QED) is 0.258. The number of aryl methyl sites for hydroxylation is 1. The number of Topliss-reactive ketones (excluding diaryl/α,β-unsaturated/α-hetero) is 1. The summed E-state index contributed by atoms with van der Waals surface area (Å²) in [7, 11) is 0. The van der Waals surface area contributed by atoms with Crippen LogP contribution in [0.15, 0.2) is 65.7 Å². The summed E-state index contributed by atoms with van der Waals surface area (Å²) in [5, 5.41) is 19.8. The first-order valence-corrected chi connectivity index (χ1v) is 9.39. The fourth-order valence-electron chi connectivity index (χ4n) is 2.48. The van der Waals surface area contributed by atoms with Crippen LogP contribution in [0.3, 0.4) is 0 Å². The maximum Gasteiger partial charge on any atom is 0.270 e. The van der Waals surface area contributed by atoms with Gasteiger partial charge in [-0.25, -0.2) is 0 Å². The Bertz CT molecular complexity index is 957. The van der Waals surface area contributed by atoms with E-state index in [4.69, 9.17) is 0 Å². The molecule has 0 saturated heterocycles. The second-order valence-corrected chi connectivity index (χ2v) is 6.82. The summed E-state index contributed by atoms with van der Waals surface area (Å²) < 4.78 is 0. The van der Waals surface area contributed by atoms with Crippen molar-refractivity contribution in [1.82, 2.24) is 10.2 Å². The van der Waals surface area contributed by atoms with E-state index >= 15 is 0 Å². The molecular weight excluding hydrogens is 362 g/mol. The molecule has 0 fully saturated rings. The summed E-state index contributed by atoms with van der Waals surface area (Å²) in [6.45, 7) is 2.11. The third-order valence-electron chi connectivity index (χ3n) is 4.03. The number of nitro benzene ring substituents is 1. The van der Waals surface area contributed by atoms with Crippen molar-refractivity contribution >= 4 is 23.2 Å². The van der Waals surface area contributed by atoms with Crippen molar-refractivity contribution in [2.45, 2.75) is 18.4 Å². The SMILES string of the molecule is CCc1ccc(-c2ccc(SCC(=O)c3cccc([N+](=O)[O-])c3)nn2)cc1. The lowest BCUT2D eigenvalue weighted by Crippen LogP contribution is -2.03. The van der Waals surface area contributed by atoms with Crippen LogP contribution < -0.4 is 0 Å². The lowest BCUT2D eigenvalue weighted by molar-refractivity contribution is -0.384. The number of nitrogens with zero attached hydrogens (tertiary/aromatic N) is 3. The van der Waals surface area contributed by atoms with E-state index in [1.54, 1.807) is 6.07 Å². The van der Waals surface area contributed by atoms with Gasteiger partial charge in [0.15, 0.2) is 5.78 Å². The van der Waals surface area contributed by atoms with Crippen molar-refractivity contribution < 1.29 is 9.72 Å². The largest absolute Gasteiger partial charge is 0.293 e. The van der Waals surface area contributed by atoms with E-state index in [0.717, 1.165) is 17.7 Å². The molecule has 0 bridgehead atoms. The van der Waals surface area contributed by atoms with E-state index in [1.807, 2.05) is 24.3 Å². The molecule has 0 atom stereocenters. The zero-order valence-corrected chi connectivity index (χ0v) is 15.5. The van der Waals surface area contributed by atoms with Gasteiger partial charge in [-0.05, 0) is 24.1 Å². The number of hydrogen-bond donors (Lipinski definition) is 0. The van der Waals surface area contributed by atoms with Gasteiger partial charge in [-0.3, -0.25) is 14.9 Å². The maximum absolute atomic E-state index is 12.2. The Labute approximate surface area is 160 Å². The summed E-state index contributed by atoms with van der Waals surface area (Å²) in [6, 6.07) is 17.6. The monoisotopic (exact) mass is 379 g/mol. The maximum atomic E-state index is 12.2. The highest BCUT2D eigenvalue weighted by atomic mass is 32.2. The van der Waals surface area contributed by atoms with Gasteiger partial charge >= 0.3 is 0 Å². The molecule has 136 valence electrons. The highest BCUT2D eigenvalue weighted by Crippen LogP contribution is 2.22. The molecule has 2 aromatic carbocycles. The second kappa shape index (κ2) is 8.55. The molecule has 1 heterocycles. The van der Waals surface area contributed by atoms with E-state index in [0.29, 0.717) is 10.6 Å². The summed E-state index contributed by atoms with van der Waals surface area (Å²) >= 11 is 1.25. The van der Waals surface area contributed by atoms with E-state index in [-0.39, 0.29) is 17.2 Å². The molecule has 0 aliphatic heterocycles. The number of carbonyl (C=O) groups excluding carboxylic acids is 1. The third-order valence-corrected chi connectivity index (χ3v) is 4.95. The zero-order valence-electron chi connectivity index (χ0n) is 14.7. The van der Waals surface area contributed by atoms with E-state index in [2.05, 4.69) is 29.3 Å². The fraction of sp³-hybridized carbons (Fsp3) is 0.150. The minimum Gasteiger partial charge on any atom is -0.293 e. The molecule has 0 unspecified atom stereocenters. The molecule has 0 radical (unpaired) electrons. The summed E-state index contributed by atoms with van der Waals surface area (Å²) in [6.07, 6.45) is 0.986. The van der Waals surface area contributed by atoms with Crippen LogP contribution in [0.1, 0.15) is 22.8 Å². The van der Waals surface area contributed by atoms with E-state index in [9.17, 15) is 14.9 Å². The first kappa shape index (κ1) is 18.7. The van der Waals surface area contributed by atoms with Crippen LogP contribution in [0, 0.1) is 10.1 Å². The Morgan fingerprint density at radius 1 is 1.07 bits per heavy atom. The number of aromatic nitrogens is 2. The fourth-order valence-corrected chi connectivity index (χ4v) is 3.19. The predicted octanol–water partition coefficient (Wildman–Crippen LogP) is 4.59. The van der Waals surface area contributed by atoms with Gasteiger partial charge < -0.3 is 0 Å². The topological polar surface area (TPSA) is 86.0 Å². The number of nitro groups is 1. The number of hydrogen-bond acceptors (Lipinski definition) is 6. The van der Waals surface area contributed by atoms with Gasteiger partial charge in [0, 0.05) is 23.3 Å². The number of carbonyl (C=O) groups is 1. The summed E-state index contributed by atoms with van der Waals surface area (Å²) in [5.74, 6) is -0.0508. The molecule has 0 spiro atoms. The molecule has 0 aliphatic rings. The van der Waals surface area contributed by atoms with Gasteiger partial charge in [0.2, 0.25) is 0 Å². The highest BCUT2D eigenvalue weighted by Gasteiger charge is 2.12. The van der Waals surface area contributed by atoms with Crippen LogP contribution in [0.5, 0.6) is 0 Å². The van der Waals surface area contributed by atoms with Gasteiger partial charge in [0.25, 0.3) is 5.69 Å². The van der Waals surface area contributed by atoms with E-state index in [1.165, 1.54) is 35.5 Å². The van der Waals surface area contributed by atoms with E-state index < -0.39 is 4.92 Å². The molecule has 0 N–H and O–H groups in total. The van der Waals surface area contributed by atoms with Crippen LogP contribution in [0.4, 0.5) is 5.69 Å². The van der Waals surface area contributed by atoms with Crippen molar-refractivity contribution in [2.24, 2.45) is 0 Å². The number of ketones is 1. The molecule has 3 aromatic rings. The number of thioether (sulfide) groups is 1. The van der Waals surface area contributed by atoms with Crippen molar-refractivity contribution in [1.29, 1.82) is 0 Å². The lowest BCUT2D eigenvalue weighted by Gasteiger charge is -2.04. The Kier molecular flexibility index (Phi) is 5.93. The lowest BCUT2D eigenvalue weighted by atomic mass is 10.1. The first-order valence-electron chi connectivity index (χ1n) is 8.40. The van der Waals surface area contributed by atoms with Crippen LogP contribution >= 0.6 is 11.8 Å². The van der Waals surface area contributed by atoms with Crippen LogP contribution in [0.2, 0.25) is 0 Å². The third kappa shape index (κ3) is 4.77. The molecule has 0 amide bonds. The first-order chi connectivity index (χ1) is 13.1. The van der Waals surface area contributed by atoms with Gasteiger partial charge in [-0.1, -0.05) is 55.1 Å². The van der Waals surface area contributed by atoms with Crippen molar-refractivity contribution in [3.05, 3.63) is 81.9 Å². The average Bonchev–Trinajstić information content (AvgIpc) is 2.72. The van der Waals surface area contributed by atoms with Crippen LogP contribution in [0.25, 0.3) is 11.3 Å². The molecule has 0 saturated carbocycles. The smallest absolute Gasteiger partial charge is 0.270 e. The van der Waals surface area contributed by atoms with Crippen molar-refractivity contribution in [3.8, 4) is 11.3 Å². The highest BCUT2D eigenvalue weighted by molar-refractivity contribution is 7.99. The second-order valence-electron chi connectivity index (χ2n) is 5.83. The number of benzene rings is 2. The summed E-state index contributed by atoms with van der Waals surface area (Å²) in [5.41, 5.74) is 3.25. The van der Waals surface area contributed by atoms with Gasteiger partial charge in [0.05, 0.1) is 16.4 Å². The molecule has 1 aromatic heterocycles. The Morgan fingerprint density at radius 2 is 1.85 bits per heavy atom. The van der Waals surface area contributed by atoms with Crippen LogP contribution in [-0.2, 0) is 6.42 Å². The van der Waals surface area contributed by atoms with Gasteiger partial charge in [-0.2, -0.15) is 0 Å². The standard InChI is InChI=1S/C20H17N3O3S/c1-2-14-6-8-15(9-7-14)18-10-11-20(22-21-18)27-13-19(24)16-4-3-5-17(12-16)23(25)26/h3-12H,2,13H2,1H3. The molecule has 3 rings (SSSR count). The molecule has 27 heavy (non-hydrogen) atoms. The van der Waals surface area contributed by atoms with Crippen molar-refractivity contribution in [3.63, 3.8) is 0 Å². The summed E-state index contributed by atoms with van der Waals surface area (Å²) in [4.78, 5) is 22.5. The average molecular weight is 379 g/mol. The van der Waals surface area contributed by atoms with Crippen molar-refractivity contribution in [2.75, 3.05) is 5.75 Å². The zero-order chi connectivity index (χ0) is 19.2. The van der Waals surface area contributed by atoms with Gasteiger partial charge in [-0.15, -0.1) is 10.2 Å². The van der Waals surface area contributed by atoms with Gasteiger partial charge in [0.1, 0.15) is 5.03 Å². The predicted molar refractivity (Wildman–Crippen MR) is 105 cm³/mol. The minimum atomic E-state index is -0.513. The minimum absolute atomic E-state index is 0.0934.